The smallest absolute Gasteiger partial charge is 0.416 e. The van der Waals surface area contributed by atoms with Crippen molar-refractivity contribution < 1.29 is 32.2 Å². The molecule has 3 aliphatic heterocycles. The van der Waals surface area contributed by atoms with Crippen LogP contribution >= 0.6 is 0 Å². The van der Waals surface area contributed by atoms with Crippen LogP contribution in [0.1, 0.15) is 57.7 Å². The Labute approximate surface area is 282 Å². The number of methoxy groups -OCH3 is 1. The number of fused-ring (bicyclic) bond motifs is 3. The molecule has 0 bridgehead atoms. The Kier molecular flexibility index (Phi) is 9.06. The maximum absolute atomic E-state index is 13.6. The topological polar surface area (TPSA) is 79.6 Å². The SMILES string of the molecule is COc1cc2c(cc1OCCCCN1CCN(C(=O)c3nc(-c4ccc(C(F)(F)F)cc4)n4ccccc34)CC1)C=C[C@@H]1CCCN1C2=O. The zero-order valence-electron chi connectivity index (χ0n) is 27.3. The number of rotatable bonds is 9. The largest absolute Gasteiger partial charge is 0.493 e. The Balaban J connectivity index is 0.918. The van der Waals surface area contributed by atoms with Crippen LogP contribution in [0.15, 0.2) is 66.9 Å². The van der Waals surface area contributed by atoms with Crippen LogP contribution in [0, 0.1) is 0 Å². The van der Waals surface area contributed by atoms with Crippen molar-refractivity contribution >= 4 is 23.4 Å². The third-order valence-corrected chi connectivity index (χ3v) is 9.63. The maximum Gasteiger partial charge on any atom is 0.416 e. The molecule has 12 heteroatoms. The third kappa shape index (κ3) is 6.61. The van der Waals surface area contributed by atoms with Gasteiger partial charge in [0.05, 0.1) is 36.4 Å². The van der Waals surface area contributed by atoms with Crippen molar-refractivity contribution in [2.45, 2.75) is 37.9 Å². The number of carbonyl (C=O) groups is 2. The van der Waals surface area contributed by atoms with E-state index in [4.69, 9.17) is 9.47 Å². The van der Waals surface area contributed by atoms with Crippen LogP contribution in [0.2, 0.25) is 0 Å². The van der Waals surface area contributed by atoms with Gasteiger partial charge in [-0.2, -0.15) is 13.2 Å². The zero-order chi connectivity index (χ0) is 34.1. The average Bonchev–Trinajstić information content (AvgIpc) is 3.72. The number of halogens is 3. The second-order valence-electron chi connectivity index (χ2n) is 12.7. The molecular weight excluding hydrogens is 635 g/mol. The van der Waals surface area contributed by atoms with Crippen LogP contribution in [0.25, 0.3) is 23.0 Å². The van der Waals surface area contributed by atoms with Crippen molar-refractivity contribution in [3.8, 4) is 22.9 Å². The number of unbranched alkanes of at least 4 members (excludes halogenated alkanes) is 1. The van der Waals surface area contributed by atoms with Gasteiger partial charge in [-0.3, -0.25) is 18.9 Å². The summed E-state index contributed by atoms with van der Waals surface area (Å²) in [5, 5.41) is 0. The second-order valence-corrected chi connectivity index (χ2v) is 12.7. The van der Waals surface area contributed by atoms with Gasteiger partial charge in [-0.15, -0.1) is 0 Å². The predicted octanol–water partition coefficient (Wildman–Crippen LogP) is 6.28. The molecule has 0 saturated carbocycles. The molecule has 1 atom stereocenters. The number of pyridine rings is 1. The summed E-state index contributed by atoms with van der Waals surface area (Å²) in [5.41, 5.74) is 2.15. The van der Waals surface area contributed by atoms with E-state index in [1.165, 1.54) is 12.1 Å². The van der Waals surface area contributed by atoms with Gasteiger partial charge in [0.15, 0.2) is 17.2 Å². The van der Waals surface area contributed by atoms with Crippen LogP contribution in [0.5, 0.6) is 11.5 Å². The lowest BCUT2D eigenvalue weighted by atomic mass is 10.1. The lowest BCUT2D eigenvalue weighted by Crippen LogP contribution is -2.49. The van der Waals surface area contributed by atoms with Gasteiger partial charge in [0.1, 0.15) is 5.82 Å². The van der Waals surface area contributed by atoms with Crippen molar-refractivity contribution in [3.63, 3.8) is 0 Å². The van der Waals surface area contributed by atoms with E-state index >= 15 is 0 Å². The molecule has 0 N–H and O–H groups in total. The molecule has 7 rings (SSSR count). The van der Waals surface area contributed by atoms with E-state index in [0.29, 0.717) is 53.7 Å². The Morgan fingerprint density at radius 3 is 2.53 bits per heavy atom. The number of nitrogens with zero attached hydrogens (tertiary/aromatic N) is 5. The highest BCUT2D eigenvalue weighted by atomic mass is 19.4. The molecule has 2 amide bonds. The quantitative estimate of drug-likeness (QED) is 0.195. The number of benzene rings is 2. The van der Waals surface area contributed by atoms with Gasteiger partial charge < -0.3 is 19.3 Å². The Morgan fingerprint density at radius 1 is 0.980 bits per heavy atom. The minimum Gasteiger partial charge on any atom is -0.493 e. The highest BCUT2D eigenvalue weighted by molar-refractivity contribution is 6.01. The number of ether oxygens (including phenoxy) is 2. The molecule has 5 heterocycles. The van der Waals surface area contributed by atoms with Crippen LogP contribution in [-0.4, -0.2) is 94.9 Å². The van der Waals surface area contributed by atoms with Gasteiger partial charge in [0.2, 0.25) is 0 Å². The maximum atomic E-state index is 13.6. The minimum atomic E-state index is -4.43. The summed E-state index contributed by atoms with van der Waals surface area (Å²) < 4.78 is 52.8. The predicted molar refractivity (Wildman–Crippen MR) is 179 cm³/mol. The fraction of sp³-hybridized carbons (Fsp3) is 0.378. The Morgan fingerprint density at radius 2 is 1.78 bits per heavy atom. The Bertz CT molecular complexity index is 1880. The summed E-state index contributed by atoms with van der Waals surface area (Å²) in [5.74, 6) is 1.44. The first-order valence-electron chi connectivity index (χ1n) is 16.7. The number of carbonyl (C=O) groups excluding carboxylic acids is 2. The standard InChI is InChI=1S/C37H38F3N5O4/c1-48-31-24-29-26(11-14-28-7-6-17-44(28)35(29)46)23-32(31)49-22-5-4-15-42-18-20-43(21-19-42)36(47)33-30-8-2-3-16-45(30)34(41-33)25-9-12-27(13-10-25)37(38,39)40/h2-3,8-14,16,23-24,28H,4-7,15,17-22H2,1H3/t28-/m0/s1. The van der Waals surface area contributed by atoms with Crippen molar-refractivity contribution in [2.75, 3.05) is 53.0 Å². The van der Waals surface area contributed by atoms with Crippen LogP contribution < -0.4 is 9.47 Å². The molecule has 2 aromatic carbocycles. The number of piperazine rings is 1. The molecular formula is C37H38F3N5O4. The fourth-order valence-corrected chi connectivity index (χ4v) is 6.94. The van der Waals surface area contributed by atoms with Crippen molar-refractivity contribution in [1.82, 2.24) is 24.1 Å². The lowest BCUT2D eigenvalue weighted by Gasteiger charge is -2.34. The summed E-state index contributed by atoms with van der Waals surface area (Å²) >= 11 is 0. The highest BCUT2D eigenvalue weighted by Gasteiger charge is 2.33. The van der Waals surface area contributed by atoms with E-state index in [0.717, 1.165) is 69.6 Å². The average molecular weight is 674 g/mol. The van der Waals surface area contributed by atoms with Crippen LogP contribution in [0.3, 0.4) is 0 Å². The number of hydrogen-bond donors (Lipinski definition) is 0. The normalized spacial score (nSPS) is 18.0. The second kappa shape index (κ2) is 13.6. The monoisotopic (exact) mass is 673 g/mol. The molecule has 2 fully saturated rings. The third-order valence-electron chi connectivity index (χ3n) is 9.63. The summed E-state index contributed by atoms with van der Waals surface area (Å²) in [6, 6.07) is 14.1. The van der Waals surface area contributed by atoms with E-state index in [9.17, 15) is 22.8 Å². The molecule has 4 aromatic rings. The first-order chi connectivity index (χ1) is 23.7. The number of amides is 2. The molecule has 256 valence electrons. The first kappa shape index (κ1) is 32.7. The summed E-state index contributed by atoms with van der Waals surface area (Å²) in [6.07, 6.45) is 5.21. The molecule has 0 radical (unpaired) electrons. The fourth-order valence-electron chi connectivity index (χ4n) is 6.94. The highest BCUT2D eigenvalue weighted by Crippen LogP contribution is 2.36. The summed E-state index contributed by atoms with van der Waals surface area (Å²) in [7, 11) is 1.59. The van der Waals surface area contributed by atoms with Gasteiger partial charge in [0.25, 0.3) is 11.8 Å². The van der Waals surface area contributed by atoms with Gasteiger partial charge in [-0.05, 0) is 74.2 Å². The van der Waals surface area contributed by atoms with Crippen LogP contribution in [-0.2, 0) is 6.18 Å². The number of aromatic nitrogens is 2. The summed E-state index contributed by atoms with van der Waals surface area (Å²) in [6.45, 7) is 4.70. The molecule has 0 spiro atoms. The number of hydrogen-bond acceptors (Lipinski definition) is 6. The van der Waals surface area contributed by atoms with E-state index < -0.39 is 11.7 Å². The molecule has 49 heavy (non-hydrogen) atoms. The van der Waals surface area contributed by atoms with Gasteiger partial charge in [-0.1, -0.05) is 30.4 Å². The molecule has 2 saturated heterocycles. The molecule has 0 unspecified atom stereocenters. The van der Waals surface area contributed by atoms with E-state index in [1.54, 1.807) is 40.8 Å². The number of alkyl halides is 3. The minimum absolute atomic E-state index is 0.0373. The van der Waals surface area contributed by atoms with Crippen molar-refractivity contribution in [2.24, 2.45) is 0 Å². The summed E-state index contributed by atoms with van der Waals surface area (Å²) in [4.78, 5) is 37.5. The molecule has 0 aliphatic carbocycles. The lowest BCUT2D eigenvalue weighted by molar-refractivity contribution is -0.137. The molecule has 3 aliphatic rings. The number of imidazole rings is 1. The van der Waals surface area contributed by atoms with Gasteiger partial charge in [0, 0.05) is 44.5 Å². The molecule has 2 aromatic heterocycles. The zero-order valence-corrected chi connectivity index (χ0v) is 27.3. The Hall–Kier alpha value is -4.84. The van der Waals surface area contributed by atoms with Crippen LogP contribution in [0.4, 0.5) is 13.2 Å². The first-order valence-corrected chi connectivity index (χ1v) is 16.7. The van der Waals surface area contributed by atoms with Gasteiger partial charge >= 0.3 is 6.18 Å². The van der Waals surface area contributed by atoms with Gasteiger partial charge in [-0.25, -0.2) is 4.98 Å². The van der Waals surface area contributed by atoms with E-state index in [1.807, 2.05) is 23.1 Å². The van der Waals surface area contributed by atoms with Crippen molar-refractivity contribution in [1.29, 1.82) is 0 Å². The molecule has 9 nitrogen and oxygen atoms in total. The van der Waals surface area contributed by atoms with E-state index in [2.05, 4.69) is 16.0 Å². The van der Waals surface area contributed by atoms with Crippen molar-refractivity contribution in [3.05, 3.63) is 89.3 Å². The van der Waals surface area contributed by atoms with E-state index in [-0.39, 0.29) is 23.6 Å².